The first-order valence-electron chi connectivity index (χ1n) is 7.38. The SMILES string of the molecule is CCc1cccc(NCC(O)COc2ccccc2C)c1. The zero-order chi connectivity index (χ0) is 15.1. The largest absolute Gasteiger partial charge is 0.491 e. The first kappa shape index (κ1) is 15.4. The van der Waals surface area contributed by atoms with Crippen LogP contribution in [0.25, 0.3) is 0 Å². The Bertz CT molecular complexity index is 569. The molecule has 3 heteroatoms. The molecule has 2 N–H and O–H groups in total. The topological polar surface area (TPSA) is 41.5 Å². The highest BCUT2D eigenvalue weighted by Crippen LogP contribution is 2.16. The van der Waals surface area contributed by atoms with E-state index in [9.17, 15) is 5.11 Å². The number of anilines is 1. The molecule has 0 radical (unpaired) electrons. The minimum absolute atomic E-state index is 0.283. The van der Waals surface area contributed by atoms with Crippen LogP contribution in [0.2, 0.25) is 0 Å². The third-order valence-electron chi connectivity index (χ3n) is 3.40. The minimum atomic E-state index is -0.546. The van der Waals surface area contributed by atoms with E-state index in [2.05, 4.69) is 24.4 Å². The predicted molar refractivity (Wildman–Crippen MR) is 87.0 cm³/mol. The Morgan fingerprint density at radius 3 is 2.71 bits per heavy atom. The highest BCUT2D eigenvalue weighted by atomic mass is 16.5. The van der Waals surface area contributed by atoms with Gasteiger partial charge in [-0.1, -0.05) is 37.3 Å². The maximum atomic E-state index is 10.0. The van der Waals surface area contributed by atoms with Crippen molar-refractivity contribution in [3.63, 3.8) is 0 Å². The van der Waals surface area contributed by atoms with Gasteiger partial charge in [-0.3, -0.25) is 0 Å². The average molecular weight is 285 g/mol. The van der Waals surface area contributed by atoms with Gasteiger partial charge in [-0.05, 0) is 42.7 Å². The summed E-state index contributed by atoms with van der Waals surface area (Å²) in [5, 5.41) is 13.2. The van der Waals surface area contributed by atoms with Gasteiger partial charge >= 0.3 is 0 Å². The summed E-state index contributed by atoms with van der Waals surface area (Å²) in [5.41, 5.74) is 3.39. The van der Waals surface area contributed by atoms with Crippen LogP contribution in [0.3, 0.4) is 0 Å². The van der Waals surface area contributed by atoms with Crippen LogP contribution < -0.4 is 10.1 Å². The Kier molecular flexibility index (Phi) is 5.64. The van der Waals surface area contributed by atoms with Gasteiger partial charge in [-0.15, -0.1) is 0 Å². The molecule has 0 saturated carbocycles. The lowest BCUT2D eigenvalue weighted by atomic mass is 10.1. The smallest absolute Gasteiger partial charge is 0.122 e. The predicted octanol–water partition coefficient (Wildman–Crippen LogP) is 3.41. The molecular formula is C18H23NO2. The molecule has 0 bridgehead atoms. The summed E-state index contributed by atoms with van der Waals surface area (Å²) in [6.07, 6.45) is 0.462. The van der Waals surface area contributed by atoms with Crippen molar-refractivity contribution in [1.82, 2.24) is 0 Å². The van der Waals surface area contributed by atoms with Crippen molar-refractivity contribution in [2.24, 2.45) is 0 Å². The van der Waals surface area contributed by atoms with E-state index in [4.69, 9.17) is 4.74 Å². The number of ether oxygens (including phenoxy) is 1. The summed E-state index contributed by atoms with van der Waals surface area (Å²) < 4.78 is 5.64. The number of benzene rings is 2. The number of hydrogen-bond donors (Lipinski definition) is 2. The third-order valence-corrected chi connectivity index (χ3v) is 3.40. The number of aliphatic hydroxyl groups excluding tert-OH is 1. The highest BCUT2D eigenvalue weighted by molar-refractivity contribution is 5.45. The van der Waals surface area contributed by atoms with Crippen molar-refractivity contribution in [3.8, 4) is 5.75 Å². The maximum absolute atomic E-state index is 10.0. The lowest BCUT2D eigenvalue weighted by molar-refractivity contribution is 0.117. The zero-order valence-electron chi connectivity index (χ0n) is 12.7. The van der Waals surface area contributed by atoms with Crippen molar-refractivity contribution >= 4 is 5.69 Å². The van der Waals surface area contributed by atoms with Crippen LogP contribution in [0, 0.1) is 6.92 Å². The van der Waals surface area contributed by atoms with Crippen LogP contribution in [0.4, 0.5) is 5.69 Å². The fraction of sp³-hybridized carbons (Fsp3) is 0.333. The average Bonchev–Trinajstić information content (AvgIpc) is 2.52. The van der Waals surface area contributed by atoms with Gasteiger partial charge < -0.3 is 15.2 Å². The van der Waals surface area contributed by atoms with Crippen LogP contribution >= 0.6 is 0 Å². The second kappa shape index (κ2) is 7.70. The first-order chi connectivity index (χ1) is 10.2. The Morgan fingerprint density at radius 2 is 1.95 bits per heavy atom. The van der Waals surface area contributed by atoms with E-state index >= 15 is 0 Å². The molecule has 21 heavy (non-hydrogen) atoms. The first-order valence-corrected chi connectivity index (χ1v) is 7.38. The molecule has 0 aliphatic carbocycles. The van der Waals surface area contributed by atoms with Crippen molar-refractivity contribution in [2.75, 3.05) is 18.5 Å². The van der Waals surface area contributed by atoms with Gasteiger partial charge in [0.25, 0.3) is 0 Å². The van der Waals surface area contributed by atoms with E-state index in [1.807, 2.05) is 43.3 Å². The van der Waals surface area contributed by atoms with E-state index in [-0.39, 0.29) is 6.61 Å². The maximum Gasteiger partial charge on any atom is 0.122 e. The van der Waals surface area contributed by atoms with Crippen LogP contribution in [0.1, 0.15) is 18.1 Å². The van der Waals surface area contributed by atoms with Crippen LogP contribution in [0.15, 0.2) is 48.5 Å². The van der Waals surface area contributed by atoms with Crippen LogP contribution in [-0.4, -0.2) is 24.4 Å². The molecule has 0 aromatic heterocycles. The number of hydrogen-bond acceptors (Lipinski definition) is 3. The summed E-state index contributed by atoms with van der Waals surface area (Å²) in [7, 11) is 0. The molecule has 0 amide bonds. The molecule has 2 aromatic rings. The molecule has 2 aromatic carbocycles. The van der Waals surface area contributed by atoms with Crippen molar-refractivity contribution < 1.29 is 9.84 Å². The van der Waals surface area contributed by atoms with Crippen molar-refractivity contribution in [3.05, 3.63) is 59.7 Å². The van der Waals surface area contributed by atoms with Gasteiger partial charge in [0.2, 0.25) is 0 Å². The number of para-hydroxylation sites is 1. The molecule has 0 heterocycles. The van der Waals surface area contributed by atoms with Crippen molar-refractivity contribution in [2.45, 2.75) is 26.4 Å². The number of nitrogens with one attached hydrogen (secondary N) is 1. The fourth-order valence-electron chi connectivity index (χ4n) is 2.10. The summed E-state index contributed by atoms with van der Waals surface area (Å²) >= 11 is 0. The minimum Gasteiger partial charge on any atom is -0.491 e. The van der Waals surface area contributed by atoms with Gasteiger partial charge in [0.05, 0.1) is 0 Å². The molecule has 2 rings (SSSR count). The second-order valence-corrected chi connectivity index (χ2v) is 5.17. The number of aryl methyl sites for hydroxylation is 2. The Labute approximate surface area is 126 Å². The number of aliphatic hydroxyl groups is 1. The standard InChI is InChI=1S/C18H23NO2/c1-3-15-8-6-9-16(11-15)19-12-17(20)13-21-18-10-5-4-7-14(18)2/h4-11,17,19-20H,3,12-13H2,1-2H3. The van der Waals surface area contributed by atoms with Gasteiger partial charge in [-0.25, -0.2) is 0 Å². The number of rotatable bonds is 7. The van der Waals surface area contributed by atoms with Crippen LogP contribution in [0.5, 0.6) is 5.75 Å². The highest BCUT2D eigenvalue weighted by Gasteiger charge is 2.06. The van der Waals surface area contributed by atoms with Gasteiger partial charge in [-0.2, -0.15) is 0 Å². The molecule has 0 saturated heterocycles. The summed E-state index contributed by atoms with van der Waals surface area (Å²) in [6.45, 7) is 4.88. The molecule has 0 fully saturated rings. The molecular weight excluding hydrogens is 262 g/mol. The Morgan fingerprint density at radius 1 is 1.14 bits per heavy atom. The van der Waals surface area contributed by atoms with E-state index < -0.39 is 6.10 Å². The van der Waals surface area contributed by atoms with Gasteiger partial charge in [0, 0.05) is 12.2 Å². The molecule has 3 nitrogen and oxygen atoms in total. The van der Waals surface area contributed by atoms with Gasteiger partial charge in [0.1, 0.15) is 18.5 Å². The fourth-order valence-corrected chi connectivity index (χ4v) is 2.10. The third kappa shape index (κ3) is 4.80. The summed E-state index contributed by atoms with van der Waals surface area (Å²) in [4.78, 5) is 0. The lowest BCUT2D eigenvalue weighted by Gasteiger charge is -2.15. The van der Waals surface area contributed by atoms with Crippen molar-refractivity contribution in [1.29, 1.82) is 0 Å². The summed E-state index contributed by atoms with van der Waals surface area (Å²) in [5.74, 6) is 0.824. The molecule has 112 valence electrons. The molecule has 1 atom stereocenters. The second-order valence-electron chi connectivity index (χ2n) is 5.17. The lowest BCUT2D eigenvalue weighted by Crippen LogP contribution is -2.26. The Hall–Kier alpha value is -2.00. The van der Waals surface area contributed by atoms with Crippen LogP contribution in [-0.2, 0) is 6.42 Å². The Balaban J connectivity index is 1.79. The summed E-state index contributed by atoms with van der Waals surface area (Å²) in [6, 6.07) is 16.1. The monoisotopic (exact) mass is 285 g/mol. The molecule has 0 aliphatic rings. The molecule has 0 spiro atoms. The zero-order valence-corrected chi connectivity index (χ0v) is 12.7. The normalized spacial score (nSPS) is 12.0. The molecule has 1 unspecified atom stereocenters. The van der Waals surface area contributed by atoms with E-state index in [0.717, 1.165) is 23.4 Å². The van der Waals surface area contributed by atoms with Gasteiger partial charge in [0.15, 0.2) is 0 Å². The van der Waals surface area contributed by atoms with E-state index in [1.165, 1.54) is 5.56 Å². The quantitative estimate of drug-likeness (QED) is 0.819. The van der Waals surface area contributed by atoms with E-state index in [0.29, 0.717) is 6.54 Å². The van der Waals surface area contributed by atoms with E-state index in [1.54, 1.807) is 0 Å². The molecule has 0 aliphatic heterocycles.